The van der Waals surface area contributed by atoms with Crippen LogP contribution in [0.1, 0.15) is 35.2 Å². The van der Waals surface area contributed by atoms with E-state index in [2.05, 4.69) is 0 Å². The van der Waals surface area contributed by atoms with E-state index in [-0.39, 0.29) is 11.5 Å². The van der Waals surface area contributed by atoms with Gasteiger partial charge in [0, 0.05) is 18.7 Å². The number of nitrogens with zero attached hydrogens (tertiary/aromatic N) is 1. The van der Waals surface area contributed by atoms with Crippen LogP contribution in [0.25, 0.3) is 0 Å². The minimum absolute atomic E-state index is 0.0274. The van der Waals surface area contributed by atoms with Gasteiger partial charge >= 0.3 is 0 Å². The van der Waals surface area contributed by atoms with Crippen molar-refractivity contribution >= 4 is 5.91 Å². The molecule has 1 atom stereocenters. The van der Waals surface area contributed by atoms with Crippen LogP contribution in [-0.4, -0.2) is 36.1 Å². The molecule has 1 aromatic rings. The first-order valence-corrected chi connectivity index (χ1v) is 6.69. The van der Waals surface area contributed by atoms with Gasteiger partial charge in [-0.25, -0.2) is 0 Å². The number of hydrogen-bond donors (Lipinski definition) is 0. The summed E-state index contributed by atoms with van der Waals surface area (Å²) in [6.45, 7) is 4.48. The lowest BCUT2D eigenvalue weighted by atomic mass is 10.00. The number of likely N-dealkylation sites (tertiary alicyclic amines) is 1. The minimum atomic E-state index is -0.0274. The van der Waals surface area contributed by atoms with Crippen LogP contribution in [0, 0.1) is 6.92 Å². The second-order valence-electron chi connectivity index (χ2n) is 5.48. The van der Waals surface area contributed by atoms with Crippen LogP contribution >= 0.6 is 0 Å². The van der Waals surface area contributed by atoms with Crippen LogP contribution in [0.4, 0.5) is 0 Å². The molecule has 18 heavy (non-hydrogen) atoms. The van der Waals surface area contributed by atoms with Crippen molar-refractivity contribution in [3.05, 3.63) is 35.4 Å². The molecule has 1 aromatic carbocycles. The Labute approximate surface area is 108 Å². The summed E-state index contributed by atoms with van der Waals surface area (Å²) in [7, 11) is 0. The number of carbonyl (C=O) groups is 1. The molecule has 0 N–H and O–H groups in total. The van der Waals surface area contributed by atoms with Gasteiger partial charge in [-0.3, -0.25) is 4.79 Å². The van der Waals surface area contributed by atoms with Crippen LogP contribution in [-0.2, 0) is 4.74 Å². The van der Waals surface area contributed by atoms with Crippen molar-refractivity contribution in [1.82, 2.24) is 4.90 Å². The summed E-state index contributed by atoms with van der Waals surface area (Å²) in [5.74, 6) is 0.141. The normalized spacial score (nSPS) is 27.1. The van der Waals surface area contributed by atoms with E-state index >= 15 is 0 Å². The van der Waals surface area contributed by atoms with Crippen molar-refractivity contribution in [2.24, 2.45) is 0 Å². The quantitative estimate of drug-likeness (QED) is 0.760. The van der Waals surface area contributed by atoms with Crippen molar-refractivity contribution in [3.63, 3.8) is 0 Å². The molecule has 2 fully saturated rings. The zero-order valence-corrected chi connectivity index (χ0v) is 10.8. The largest absolute Gasteiger partial charge is 0.373 e. The molecular weight excluding hydrogens is 226 g/mol. The maximum absolute atomic E-state index is 12.4. The number of carbonyl (C=O) groups excluding carboxylic acids is 1. The first kappa shape index (κ1) is 11.7. The zero-order valence-electron chi connectivity index (χ0n) is 10.8. The van der Waals surface area contributed by atoms with E-state index in [1.54, 1.807) is 0 Å². The monoisotopic (exact) mass is 245 g/mol. The summed E-state index contributed by atoms with van der Waals surface area (Å²) in [6, 6.07) is 7.81. The van der Waals surface area contributed by atoms with Gasteiger partial charge in [-0.2, -0.15) is 0 Å². The third kappa shape index (κ3) is 2.03. The molecule has 3 nitrogen and oxygen atoms in total. The number of aryl methyl sites for hydroxylation is 1. The average Bonchev–Trinajstić information content (AvgIpc) is 3.01. The number of benzene rings is 1. The second kappa shape index (κ2) is 4.39. The SMILES string of the molecule is Cc1ccc(C(=O)N2CC[C@]3(CCCO3)C2)cc1. The number of hydrogen-bond acceptors (Lipinski definition) is 2. The van der Waals surface area contributed by atoms with E-state index in [9.17, 15) is 4.79 Å². The molecule has 2 saturated heterocycles. The zero-order chi connectivity index (χ0) is 12.6. The van der Waals surface area contributed by atoms with Crippen LogP contribution < -0.4 is 0 Å². The van der Waals surface area contributed by atoms with E-state index in [1.165, 1.54) is 5.56 Å². The Bertz CT molecular complexity index is 446. The molecule has 3 heteroatoms. The van der Waals surface area contributed by atoms with Crippen LogP contribution in [0.5, 0.6) is 0 Å². The van der Waals surface area contributed by atoms with Gasteiger partial charge < -0.3 is 9.64 Å². The standard InChI is InChI=1S/C15H19NO2/c1-12-3-5-13(6-4-12)14(17)16-9-8-15(11-16)7-2-10-18-15/h3-6H,2,7-11H2,1H3/t15-/m1/s1. The fraction of sp³-hybridized carbons (Fsp3) is 0.533. The van der Waals surface area contributed by atoms with E-state index in [0.29, 0.717) is 0 Å². The van der Waals surface area contributed by atoms with Gasteiger partial charge in [-0.1, -0.05) is 17.7 Å². The highest BCUT2D eigenvalue weighted by atomic mass is 16.5. The Hall–Kier alpha value is -1.35. The molecule has 1 amide bonds. The fourth-order valence-electron chi connectivity index (χ4n) is 2.97. The Morgan fingerprint density at radius 1 is 1.28 bits per heavy atom. The lowest BCUT2D eigenvalue weighted by Crippen LogP contribution is -2.35. The summed E-state index contributed by atoms with van der Waals surface area (Å²) >= 11 is 0. The molecule has 0 radical (unpaired) electrons. The van der Waals surface area contributed by atoms with Crippen molar-refractivity contribution in [2.45, 2.75) is 31.8 Å². The van der Waals surface area contributed by atoms with Crippen molar-refractivity contribution in [1.29, 1.82) is 0 Å². The Balaban J connectivity index is 1.72. The van der Waals surface area contributed by atoms with Gasteiger partial charge in [-0.15, -0.1) is 0 Å². The molecule has 0 aliphatic carbocycles. The van der Waals surface area contributed by atoms with E-state index in [4.69, 9.17) is 4.74 Å². The molecule has 96 valence electrons. The van der Waals surface area contributed by atoms with Gasteiger partial charge in [0.05, 0.1) is 12.1 Å². The van der Waals surface area contributed by atoms with Gasteiger partial charge in [0.25, 0.3) is 5.91 Å². The molecule has 2 heterocycles. The predicted molar refractivity (Wildman–Crippen MR) is 69.6 cm³/mol. The van der Waals surface area contributed by atoms with Crippen molar-refractivity contribution in [2.75, 3.05) is 19.7 Å². The summed E-state index contributed by atoms with van der Waals surface area (Å²) in [5.41, 5.74) is 1.94. The van der Waals surface area contributed by atoms with Crippen molar-refractivity contribution in [3.8, 4) is 0 Å². The molecule has 0 bridgehead atoms. The number of amides is 1. The maximum atomic E-state index is 12.4. The highest BCUT2D eigenvalue weighted by Crippen LogP contribution is 2.35. The van der Waals surface area contributed by atoms with Crippen LogP contribution in [0.2, 0.25) is 0 Å². The lowest BCUT2D eigenvalue weighted by Gasteiger charge is -2.23. The lowest BCUT2D eigenvalue weighted by molar-refractivity contribution is 0.0127. The topological polar surface area (TPSA) is 29.5 Å². The Morgan fingerprint density at radius 3 is 2.72 bits per heavy atom. The van der Waals surface area contributed by atoms with E-state index in [0.717, 1.165) is 44.5 Å². The molecule has 2 aliphatic rings. The average molecular weight is 245 g/mol. The maximum Gasteiger partial charge on any atom is 0.253 e. The summed E-state index contributed by atoms with van der Waals surface area (Å²) in [6.07, 6.45) is 3.22. The third-order valence-corrected chi connectivity index (χ3v) is 4.09. The molecule has 2 aliphatic heterocycles. The van der Waals surface area contributed by atoms with Gasteiger partial charge in [0.2, 0.25) is 0 Å². The van der Waals surface area contributed by atoms with Gasteiger partial charge in [0.1, 0.15) is 0 Å². The van der Waals surface area contributed by atoms with Crippen molar-refractivity contribution < 1.29 is 9.53 Å². The number of rotatable bonds is 1. The van der Waals surface area contributed by atoms with Gasteiger partial charge in [0.15, 0.2) is 0 Å². The molecule has 0 saturated carbocycles. The summed E-state index contributed by atoms with van der Waals surface area (Å²) < 4.78 is 5.84. The summed E-state index contributed by atoms with van der Waals surface area (Å²) in [5, 5.41) is 0. The Morgan fingerprint density at radius 2 is 2.06 bits per heavy atom. The van der Waals surface area contributed by atoms with Crippen LogP contribution in [0.15, 0.2) is 24.3 Å². The molecule has 0 unspecified atom stereocenters. The molecule has 3 rings (SSSR count). The number of ether oxygens (including phenoxy) is 1. The smallest absolute Gasteiger partial charge is 0.253 e. The Kier molecular flexibility index (Phi) is 2.86. The third-order valence-electron chi connectivity index (χ3n) is 4.09. The first-order valence-electron chi connectivity index (χ1n) is 6.69. The molecule has 0 aromatic heterocycles. The minimum Gasteiger partial charge on any atom is -0.373 e. The highest BCUT2D eigenvalue weighted by Gasteiger charge is 2.43. The first-order chi connectivity index (χ1) is 8.69. The van der Waals surface area contributed by atoms with Crippen LogP contribution in [0.3, 0.4) is 0 Å². The van der Waals surface area contributed by atoms with Gasteiger partial charge in [-0.05, 0) is 38.3 Å². The second-order valence-corrected chi connectivity index (χ2v) is 5.48. The van der Waals surface area contributed by atoms with E-state index in [1.807, 2.05) is 36.1 Å². The fourth-order valence-corrected chi connectivity index (χ4v) is 2.97. The van der Waals surface area contributed by atoms with E-state index < -0.39 is 0 Å². The molecular formula is C15H19NO2. The molecule has 1 spiro atoms. The highest BCUT2D eigenvalue weighted by molar-refractivity contribution is 5.94. The predicted octanol–water partition coefficient (Wildman–Crippen LogP) is 2.39. The summed E-state index contributed by atoms with van der Waals surface area (Å²) in [4.78, 5) is 14.3.